The Morgan fingerprint density at radius 2 is 1.97 bits per heavy atom. The molecular weight excluding hydrogens is 483 g/mol. The number of aliphatic carboxylic acids is 1. The van der Waals surface area contributed by atoms with E-state index >= 15 is 0 Å². The number of carboxylic acid groups (broad SMARTS) is 1. The molecule has 1 saturated heterocycles. The van der Waals surface area contributed by atoms with E-state index in [-0.39, 0.29) is 94.9 Å². The molecule has 0 bridgehead atoms. The van der Waals surface area contributed by atoms with Gasteiger partial charge in [-0.15, -0.1) is 0 Å². The number of carbonyl (C=O) groups excluding carboxylic acids is 1. The summed E-state index contributed by atoms with van der Waals surface area (Å²) in [7, 11) is -4.76. The van der Waals surface area contributed by atoms with Gasteiger partial charge in [0.15, 0.2) is 6.23 Å². The number of aliphatic hydroxyl groups excluding tert-OH is 2. The van der Waals surface area contributed by atoms with Gasteiger partial charge in [-0.2, -0.15) is 4.98 Å². The van der Waals surface area contributed by atoms with E-state index in [0.29, 0.717) is 6.42 Å². The third-order valence-corrected chi connectivity index (χ3v) is 6.72. The minimum Gasteiger partial charge on any atom is -0.756 e. The van der Waals surface area contributed by atoms with Crippen LogP contribution < -0.4 is 80.5 Å². The van der Waals surface area contributed by atoms with Gasteiger partial charge in [-0.3, -0.25) is 9.13 Å². The monoisotopic (exact) mass is 503 g/mol. The Morgan fingerprint density at radius 3 is 2.55 bits per heavy atom. The minimum absolute atomic E-state index is 0. The topological polar surface area (TPSA) is 209 Å². The van der Waals surface area contributed by atoms with Gasteiger partial charge < -0.3 is 44.5 Å². The van der Waals surface area contributed by atoms with Crippen molar-refractivity contribution in [1.29, 1.82) is 0 Å². The molecule has 1 aromatic rings. The van der Waals surface area contributed by atoms with Crippen LogP contribution in [-0.2, 0) is 23.1 Å². The number of aromatic nitrogens is 2. The van der Waals surface area contributed by atoms with Crippen molar-refractivity contribution in [2.24, 2.45) is 17.8 Å². The second-order valence-electron chi connectivity index (χ2n) is 7.72. The van der Waals surface area contributed by atoms with Gasteiger partial charge >= 0.3 is 64.8 Å². The standard InChI is InChI=1S/C17H22N3O10P.2Na/c18-12-1-2-20(17(25)19-12)15-14(22)13(21)11(30-15)6-29-31(26,27)28-5-10-8-3-7(16(23)24)4-9(8)10;;/h1-3,8-11,13-15,21-22H,4-6H2,(H,23,24)(H,26,27)(H2,18,19,25);;/q;2*+1/p-2/t8-,9+,10+,11+,13+,14+,15+;;/m0../s1. The van der Waals surface area contributed by atoms with E-state index in [1.807, 2.05) is 0 Å². The summed E-state index contributed by atoms with van der Waals surface area (Å²) >= 11 is 0. The van der Waals surface area contributed by atoms with Crippen molar-refractivity contribution in [3.63, 3.8) is 0 Å². The summed E-state index contributed by atoms with van der Waals surface area (Å²) in [6.45, 7) is -0.822. The Labute approximate surface area is 232 Å². The second kappa shape index (κ2) is 11.3. The number of nitrogens with two attached hydrogens (primary N) is 1. The van der Waals surface area contributed by atoms with E-state index in [1.165, 1.54) is 12.3 Å². The summed E-state index contributed by atoms with van der Waals surface area (Å²) in [5.74, 6) is -1.44. The van der Waals surface area contributed by atoms with Gasteiger partial charge in [0.05, 0.1) is 19.2 Å². The summed E-state index contributed by atoms with van der Waals surface area (Å²) < 4.78 is 28.0. The number of phosphoric acid groups is 1. The molecule has 16 heteroatoms. The Bertz CT molecular complexity index is 1020. The fraction of sp³-hybridized carbons (Fsp3) is 0.588. The molecule has 0 radical (unpaired) electrons. The number of aliphatic hydroxyl groups is 2. The maximum atomic E-state index is 12.0. The number of hydrogen-bond donors (Lipinski definition) is 3. The summed E-state index contributed by atoms with van der Waals surface area (Å²) in [6.07, 6.45) is -2.56. The quantitative estimate of drug-likeness (QED) is 0.223. The smallest absolute Gasteiger partial charge is 0.756 e. The van der Waals surface area contributed by atoms with Gasteiger partial charge in [0.2, 0.25) is 0 Å². The maximum Gasteiger partial charge on any atom is 1.00 e. The molecule has 2 heterocycles. The maximum absolute atomic E-state index is 12.0. The van der Waals surface area contributed by atoms with Crippen molar-refractivity contribution in [1.82, 2.24) is 9.55 Å². The van der Waals surface area contributed by atoms with Crippen LogP contribution in [0.3, 0.4) is 0 Å². The van der Waals surface area contributed by atoms with Crippen molar-refractivity contribution < 1.29 is 102 Å². The molecule has 3 aliphatic rings. The van der Waals surface area contributed by atoms with Crippen LogP contribution in [0.4, 0.5) is 5.82 Å². The normalized spacial score (nSPS) is 33.8. The Balaban J connectivity index is 0.00000193. The number of carbonyl (C=O) groups is 1. The number of rotatable bonds is 8. The molecule has 1 aromatic heterocycles. The second-order valence-corrected chi connectivity index (χ2v) is 9.13. The zero-order chi connectivity index (χ0) is 22.5. The molecule has 8 atom stereocenters. The van der Waals surface area contributed by atoms with Crippen LogP contribution in [0, 0.1) is 17.8 Å². The molecule has 0 amide bonds. The van der Waals surface area contributed by atoms with Gasteiger partial charge in [0.25, 0.3) is 7.82 Å². The average molecular weight is 503 g/mol. The van der Waals surface area contributed by atoms with Gasteiger partial charge in [0, 0.05) is 6.20 Å². The van der Waals surface area contributed by atoms with Crippen molar-refractivity contribution in [2.75, 3.05) is 18.9 Å². The predicted molar refractivity (Wildman–Crippen MR) is 96.5 cm³/mol. The van der Waals surface area contributed by atoms with Crippen LogP contribution in [0.5, 0.6) is 0 Å². The molecule has 0 spiro atoms. The molecule has 1 unspecified atom stereocenters. The Kier molecular flexibility index (Phi) is 9.96. The van der Waals surface area contributed by atoms with Crippen LogP contribution in [0.15, 0.2) is 28.7 Å². The molecule has 170 valence electrons. The fourth-order valence-electron chi connectivity index (χ4n) is 4.05. The molecule has 33 heavy (non-hydrogen) atoms. The summed E-state index contributed by atoms with van der Waals surface area (Å²) in [5, 5.41) is 31.1. The predicted octanol–water partition coefficient (Wildman–Crippen LogP) is -9.10. The van der Waals surface area contributed by atoms with Crippen LogP contribution >= 0.6 is 7.82 Å². The fourth-order valence-corrected chi connectivity index (χ4v) is 4.80. The van der Waals surface area contributed by atoms with E-state index in [4.69, 9.17) is 19.5 Å². The molecule has 0 aromatic carbocycles. The number of phosphoric ester groups is 1. The Morgan fingerprint density at radius 1 is 1.30 bits per heavy atom. The molecule has 1 aliphatic heterocycles. The minimum atomic E-state index is -4.76. The molecule has 4 N–H and O–H groups in total. The number of allylic oxidation sites excluding steroid dienone is 1. The molecule has 4 rings (SSSR count). The first-order valence-corrected chi connectivity index (χ1v) is 10.9. The number of nitrogens with zero attached hydrogens (tertiary/aromatic N) is 2. The molecule has 2 fully saturated rings. The van der Waals surface area contributed by atoms with Crippen LogP contribution in [0.2, 0.25) is 0 Å². The van der Waals surface area contributed by atoms with Crippen molar-refractivity contribution in [2.45, 2.75) is 31.0 Å². The van der Waals surface area contributed by atoms with Gasteiger partial charge in [-0.25, -0.2) is 4.79 Å². The number of carboxylic acids is 1. The average Bonchev–Trinajstić information content (AvgIpc) is 3.01. The van der Waals surface area contributed by atoms with E-state index in [0.717, 1.165) is 4.57 Å². The van der Waals surface area contributed by atoms with Crippen LogP contribution in [0.25, 0.3) is 0 Å². The zero-order valence-electron chi connectivity index (χ0n) is 18.0. The van der Waals surface area contributed by atoms with E-state index in [1.54, 1.807) is 6.08 Å². The number of fused-ring (bicyclic) bond motifs is 1. The van der Waals surface area contributed by atoms with Crippen LogP contribution in [0.1, 0.15) is 12.6 Å². The third-order valence-electron chi connectivity index (χ3n) is 5.79. The van der Waals surface area contributed by atoms with Crippen molar-refractivity contribution in [3.05, 3.63) is 34.4 Å². The summed E-state index contributed by atoms with van der Waals surface area (Å²) in [5.41, 5.74) is 4.80. The summed E-state index contributed by atoms with van der Waals surface area (Å²) in [4.78, 5) is 38.2. The number of hydrogen-bond acceptors (Lipinski definition) is 12. The van der Waals surface area contributed by atoms with Gasteiger partial charge in [-0.1, -0.05) is 6.08 Å². The third kappa shape index (κ3) is 6.36. The zero-order valence-corrected chi connectivity index (χ0v) is 22.9. The van der Waals surface area contributed by atoms with E-state index < -0.39 is 50.6 Å². The van der Waals surface area contributed by atoms with Gasteiger partial charge in [0.1, 0.15) is 24.1 Å². The SMILES string of the molecule is Nc1ccn([C@@H]2O[C@H](COP(=O)([O-])OC[C@@H]3[C@H]4C=C(C(=O)[O-])C[C@H]43)[C@@H](O)[C@H]2O)c(=O)n1.[Na+].[Na+]. The first kappa shape index (κ1) is 29.1. The number of anilines is 1. The van der Waals surface area contributed by atoms with Crippen molar-refractivity contribution in [3.8, 4) is 0 Å². The molecule has 13 nitrogen and oxygen atoms in total. The molecule has 2 aliphatic carbocycles. The summed E-state index contributed by atoms with van der Waals surface area (Å²) in [6, 6.07) is 1.30. The number of nitrogen functional groups attached to an aromatic ring is 1. The first-order chi connectivity index (χ1) is 14.6. The Hall–Kier alpha value is -0.120. The molecule has 1 saturated carbocycles. The van der Waals surface area contributed by atoms with Gasteiger partial charge in [-0.05, 0) is 35.8 Å². The number of ether oxygens (including phenoxy) is 1. The first-order valence-electron chi connectivity index (χ1n) is 9.46. The van der Waals surface area contributed by atoms with Crippen LogP contribution in [-0.4, -0.2) is 57.3 Å². The largest absolute Gasteiger partial charge is 1.00 e. The van der Waals surface area contributed by atoms with Crippen molar-refractivity contribution >= 4 is 19.6 Å². The van der Waals surface area contributed by atoms with E-state index in [9.17, 15) is 34.4 Å². The van der Waals surface area contributed by atoms with E-state index in [2.05, 4.69) is 4.98 Å². The molecular formula is C17H20N3Na2O10P.